The highest BCUT2D eigenvalue weighted by atomic mass is 16.4. The predicted octanol–water partition coefficient (Wildman–Crippen LogP) is 0.603. The van der Waals surface area contributed by atoms with Gasteiger partial charge in [-0.05, 0) is 25.7 Å². The van der Waals surface area contributed by atoms with Crippen LogP contribution in [-0.2, 0) is 4.79 Å². The normalized spacial score (nSPS) is 42.4. The fourth-order valence-electron chi connectivity index (χ4n) is 2.18. The highest BCUT2D eigenvalue weighted by molar-refractivity contribution is 5.75. The van der Waals surface area contributed by atoms with Crippen LogP contribution >= 0.6 is 0 Å². The van der Waals surface area contributed by atoms with Gasteiger partial charge in [-0.3, -0.25) is 4.79 Å². The molecule has 0 aromatic rings. The Balaban J connectivity index is 2.18. The molecule has 11 heavy (non-hydrogen) atoms. The summed E-state index contributed by atoms with van der Waals surface area (Å²) in [4.78, 5) is 10.9. The second-order valence-electron chi connectivity index (χ2n) is 3.74. The third-order valence-electron chi connectivity index (χ3n) is 3.13. The van der Waals surface area contributed by atoms with Crippen molar-refractivity contribution in [1.29, 1.82) is 0 Å². The minimum atomic E-state index is -0.608. The topological polar surface area (TPSA) is 49.3 Å². The maximum atomic E-state index is 10.9. The summed E-state index contributed by atoms with van der Waals surface area (Å²) in [6.45, 7) is 0.687. The SMILES string of the molecule is O=C(O)C12CCC(CC1)NC2. The molecule has 0 aromatic heterocycles. The van der Waals surface area contributed by atoms with Crippen LogP contribution in [0.4, 0.5) is 0 Å². The van der Waals surface area contributed by atoms with Crippen LogP contribution in [0.2, 0.25) is 0 Å². The number of aliphatic carboxylic acids is 1. The van der Waals surface area contributed by atoms with Gasteiger partial charge in [0.25, 0.3) is 0 Å². The molecule has 3 aliphatic rings. The van der Waals surface area contributed by atoms with Crippen LogP contribution in [0.3, 0.4) is 0 Å². The fourth-order valence-corrected chi connectivity index (χ4v) is 2.18. The van der Waals surface area contributed by atoms with E-state index in [1.54, 1.807) is 0 Å². The molecule has 0 radical (unpaired) electrons. The number of hydrogen-bond acceptors (Lipinski definition) is 2. The number of carboxylic acid groups (broad SMARTS) is 1. The molecule has 0 aromatic carbocycles. The van der Waals surface area contributed by atoms with Gasteiger partial charge in [0, 0.05) is 12.6 Å². The first-order chi connectivity index (χ1) is 5.23. The number of piperidine rings is 2. The summed E-state index contributed by atoms with van der Waals surface area (Å²) >= 11 is 0. The van der Waals surface area contributed by atoms with E-state index in [9.17, 15) is 4.79 Å². The molecule has 0 atom stereocenters. The average Bonchev–Trinajstić information content (AvgIpc) is 2.08. The molecule has 1 aliphatic carbocycles. The molecule has 0 unspecified atom stereocenters. The van der Waals surface area contributed by atoms with Gasteiger partial charge >= 0.3 is 5.97 Å². The summed E-state index contributed by atoms with van der Waals surface area (Å²) in [7, 11) is 0. The maximum absolute atomic E-state index is 10.9. The van der Waals surface area contributed by atoms with Crippen LogP contribution in [0, 0.1) is 5.41 Å². The van der Waals surface area contributed by atoms with E-state index in [1.165, 1.54) is 0 Å². The van der Waals surface area contributed by atoms with Crippen LogP contribution in [-0.4, -0.2) is 23.7 Å². The van der Waals surface area contributed by atoms with Gasteiger partial charge in [0.1, 0.15) is 0 Å². The van der Waals surface area contributed by atoms with Crippen molar-refractivity contribution in [2.24, 2.45) is 5.41 Å². The fraction of sp³-hybridized carbons (Fsp3) is 0.875. The Morgan fingerprint density at radius 3 is 2.36 bits per heavy atom. The zero-order valence-electron chi connectivity index (χ0n) is 6.47. The number of carbonyl (C=O) groups is 1. The first-order valence-corrected chi connectivity index (χ1v) is 4.20. The van der Waals surface area contributed by atoms with Crippen LogP contribution in [0.25, 0.3) is 0 Å². The molecule has 0 amide bonds. The Bertz CT molecular complexity index is 169. The molecule has 2 heterocycles. The van der Waals surface area contributed by atoms with Crippen molar-refractivity contribution in [3.8, 4) is 0 Å². The largest absolute Gasteiger partial charge is 0.481 e. The van der Waals surface area contributed by atoms with Crippen LogP contribution < -0.4 is 5.32 Å². The summed E-state index contributed by atoms with van der Waals surface area (Å²) in [5.74, 6) is -0.608. The van der Waals surface area contributed by atoms with Crippen molar-refractivity contribution in [1.82, 2.24) is 5.32 Å². The first kappa shape index (κ1) is 7.10. The number of rotatable bonds is 1. The standard InChI is InChI=1S/C8H13NO2/c10-7(11)8-3-1-6(2-4-8)9-5-8/h6,9H,1-5H2,(H,10,11). The first-order valence-electron chi connectivity index (χ1n) is 4.20. The van der Waals surface area contributed by atoms with Crippen molar-refractivity contribution in [3.63, 3.8) is 0 Å². The van der Waals surface area contributed by atoms with E-state index in [2.05, 4.69) is 5.32 Å². The summed E-state index contributed by atoms with van der Waals surface area (Å²) in [6, 6.07) is 0.608. The summed E-state index contributed by atoms with van der Waals surface area (Å²) < 4.78 is 0. The van der Waals surface area contributed by atoms with E-state index < -0.39 is 11.4 Å². The number of carboxylic acids is 1. The zero-order valence-corrected chi connectivity index (χ0v) is 6.47. The van der Waals surface area contributed by atoms with Gasteiger partial charge in [-0.1, -0.05) is 0 Å². The number of hydrogen-bond donors (Lipinski definition) is 2. The maximum Gasteiger partial charge on any atom is 0.310 e. The van der Waals surface area contributed by atoms with E-state index in [-0.39, 0.29) is 0 Å². The molecule has 1 saturated carbocycles. The molecule has 3 rings (SSSR count). The Kier molecular flexibility index (Phi) is 1.42. The Morgan fingerprint density at radius 2 is 2.09 bits per heavy atom. The Hall–Kier alpha value is -0.570. The van der Waals surface area contributed by atoms with Gasteiger partial charge in [0.05, 0.1) is 5.41 Å². The molecule has 2 saturated heterocycles. The highest BCUT2D eigenvalue weighted by Crippen LogP contribution is 2.40. The van der Waals surface area contributed by atoms with Gasteiger partial charge in [-0.25, -0.2) is 0 Å². The zero-order chi connectivity index (χ0) is 7.90. The van der Waals surface area contributed by atoms with E-state index in [0.29, 0.717) is 12.6 Å². The molecule has 2 bridgehead atoms. The van der Waals surface area contributed by atoms with Crippen molar-refractivity contribution in [2.75, 3.05) is 6.54 Å². The lowest BCUT2D eigenvalue weighted by Gasteiger charge is -2.44. The minimum absolute atomic E-state index is 0.408. The molecule has 0 spiro atoms. The molecule has 2 N–H and O–H groups in total. The van der Waals surface area contributed by atoms with Gasteiger partial charge in [0.15, 0.2) is 0 Å². The Morgan fingerprint density at radius 1 is 1.45 bits per heavy atom. The summed E-state index contributed by atoms with van der Waals surface area (Å²) in [6.07, 6.45) is 3.85. The third-order valence-corrected chi connectivity index (χ3v) is 3.13. The molecule has 3 heteroatoms. The van der Waals surface area contributed by atoms with Gasteiger partial charge in [0.2, 0.25) is 0 Å². The van der Waals surface area contributed by atoms with Crippen LogP contribution in [0.1, 0.15) is 25.7 Å². The van der Waals surface area contributed by atoms with Gasteiger partial charge in [-0.15, -0.1) is 0 Å². The molecule has 2 aliphatic heterocycles. The average molecular weight is 155 g/mol. The minimum Gasteiger partial charge on any atom is -0.481 e. The second-order valence-corrected chi connectivity index (χ2v) is 3.74. The second kappa shape index (κ2) is 2.21. The lowest BCUT2D eigenvalue weighted by atomic mass is 9.69. The smallest absolute Gasteiger partial charge is 0.310 e. The number of fused-ring (bicyclic) bond motifs is 3. The quantitative estimate of drug-likeness (QED) is 0.583. The lowest BCUT2D eigenvalue weighted by Crippen LogP contribution is -2.54. The van der Waals surface area contributed by atoms with Crippen LogP contribution in [0.15, 0.2) is 0 Å². The highest BCUT2D eigenvalue weighted by Gasteiger charge is 2.45. The molecule has 62 valence electrons. The van der Waals surface area contributed by atoms with Crippen molar-refractivity contribution in [3.05, 3.63) is 0 Å². The monoisotopic (exact) mass is 155 g/mol. The van der Waals surface area contributed by atoms with Gasteiger partial charge < -0.3 is 10.4 Å². The Labute approximate surface area is 65.8 Å². The molecular formula is C8H13NO2. The molecule has 3 nitrogen and oxygen atoms in total. The van der Waals surface area contributed by atoms with Crippen molar-refractivity contribution >= 4 is 5.97 Å². The lowest BCUT2D eigenvalue weighted by molar-refractivity contribution is -0.153. The van der Waals surface area contributed by atoms with E-state index in [1.807, 2.05) is 0 Å². The van der Waals surface area contributed by atoms with E-state index in [4.69, 9.17) is 5.11 Å². The van der Waals surface area contributed by atoms with Crippen molar-refractivity contribution < 1.29 is 9.90 Å². The van der Waals surface area contributed by atoms with Gasteiger partial charge in [-0.2, -0.15) is 0 Å². The third kappa shape index (κ3) is 0.948. The molecule has 3 fully saturated rings. The molecular weight excluding hydrogens is 142 g/mol. The summed E-state index contributed by atoms with van der Waals surface area (Å²) in [5, 5.41) is 12.2. The van der Waals surface area contributed by atoms with E-state index in [0.717, 1.165) is 25.7 Å². The van der Waals surface area contributed by atoms with E-state index >= 15 is 0 Å². The summed E-state index contributed by atoms with van der Waals surface area (Å²) in [5.41, 5.74) is -0.408. The predicted molar refractivity (Wildman–Crippen MR) is 40.3 cm³/mol. The number of nitrogens with one attached hydrogen (secondary N) is 1. The van der Waals surface area contributed by atoms with Crippen LogP contribution in [0.5, 0.6) is 0 Å². The van der Waals surface area contributed by atoms with Crippen molar-refractivity contribution in [2.45, 2.75) is 31.7 Å².